The third-order valence-corrected chi connectivity index (χ3v) is 5.98. The minimum Gasteiger partial charge on any atom is -0.493 e. The van der Waals surface area contributed by atoms with Crippen molar-refractivity contribution in [3.8, 4) is 11.5 Å². The van der Waals surface area contributed by atoms with Gasteiger partial charge in [0, 0.05) is 45.3 Å². The Morgan fingerprint density at radius 2 is 1.87 bits per heavy atom. The fraction of sp³-hybridized carbons (Fsp3) is 0.500. The molecule has 30 heavy (non-hydrogen) atoms. The molecule has 1 N–H and O–H groups in total. The van der Waals surface area contributed by atoms with E-state index in [4.69, 9.17) is 19.6 Å². The van der Waals surface area contributed by atoms with Gasteiger partial charge in [0.25, 0.3) is 0 Å². The average Bonchev–Trinajstić information content (AvgIpc) is 2.79. The number of ether oxygens (including phenoxy) is 2. The maximum Gasteiger partial charge on any atom is 0.225 e. The minimum absolute atomic E-state index is 0.0500. The van der Waals surface area contributed by atoms with Crippen LogP contribution in [0.2, 0.25) is 0 Å². The Morgan fingerprint density at radius 1 is 1.10 bits per heavy atom. The average molecular weight is 412 g/mol. The molecule has 8 heteroatoms. The van der Waals surface area contributed by atoms with E-state index in [1.54, 1.807) is 20.4 Å². The van der Waals surface area contributed by atoms with Crippen LogP contribution in [0.4, 0.5) is 5.95 Å². The van der Waals surface area contributed by atoms with Gasteiger partial charge in [0.15, 0.2) is 17.3 Å². The fourth-order valence-electron chi connectivity index (χ4n) is 4.24. The lowest BCUT2D eigenvalue weighted by molar-refractivity contribution is 0.0962. The molecule has 2 aromatic rings. The van der Waals surface area contributed by atoms with Crippen LogP contribution in [0.5, 0.6) is 11.5 Å². The molecule has 8 nitrogen and oxygen atoms in total. The molecule has 0 saturated carbocycles. The normalized spacial score (nSPS) is 19.5. The molecule has 1 aliphatic carbocycles. The molecule has 1 aliphatic heterocycles. The second-order valence-electron chi connectivity index (χ2n) is 7.73. The number of carbonyl (C=O) groups excluding carboxylic acids is 1. The van der Waals surface area contributed by atoms with Crippen molar-refractivity contribution in [2.75, 3.05) is 58.5 Å². The van der Waals surface area contributed by atoms with Crippen molar-refractivity contribution < 1.29 is 19.4 Å². The van der Waals surface area contributed by atoms with Crippen molar-refractivity contribution in [1.82, 2.24) is 14.9 Å². The third-order valence-electron chi connectivity index (χ3n) is 5.98. The van der Waals surface area contributed by atoms with Gasteiger partial charge >= 0.3 is 0 Å². The van der Waals surface area contributed by atoms with Gasteiger partial charge in [-0.05, 0) is 30.0 Å². The molecule has 2 heterocycles. The Labute approximate surface area is 176 Å². The van der Waals surface area contributed by atoms with Crippen LogP contribution < -0.4 is 14.4 Å². The molecule has 1 aromatic heterocycles. The van der Waals surface area contributed by atoms with Gasteiger partial charge in [-0.1, -0.05) is 6.07 Å². The Bertz CT molecular complexity index is 912. The molecule has 1 fully saturated rings. The van der Waals surface area contributed by atoms with E-state index in [2.05, 4.69) is 14.8 Å². The first-order chi connectivity index (χ1) is 14.6. The number of methoxy groups -OCH3 is 2. The molecule has 0 bridgehead atoms. The monoisotopic (exact) mass is 412 g/mol. The summed E-state index contributed by atoms with van der Waals surface area (Å²) in [5, 5.41) is 9.11. The summed E-state index contributed by atoms with van der Waals surface area (Å²) in [5.41, 5.74) is 2.49. The zero-order valence-electron chi connectivity index (χ0n) is 17.5. The maximum absolute atomic E-state index is 12.8. The lowest BCUT2D eigenvalue weighted by Crippen LogP contribution is -2.47. The third kappa shape index (κ3) is 4.11. The van der Waals surface area contributed by atoms with Gasteiger partial charge in [-0.2, -0.15) is 0 Å². The molecule has 2 aliphatic rings. The zero-order valence-corrected chi connectivity index (χ0v) is 17.5. The number of nitrogens with zero attached hydrogens (tertiary/aromatic N) is 4. The van der Waals surface area contributed by atoms with Crippen molar-refractivity contribution in [3.63, 3.8) is 0 Å². The lowest BCUT2D eigenvalue weighted by Gasteiger charge is -2.34. The number of anilines is 1. The fourth-order valence-corrected chi connectivity index (χ4v) is 4.24. The summed E-state index contributed by atoms with van der Waals surface area (Å²) in [5.74, 6) is 2.15. The molecular weight excluding hydrogens is 384 g/mol. The van der Waals surface area contributed by atoms with Crippen LogP contribution in [0.3, 0.4) is 0 Å². The number of rotatable bonds is 6. The molecule has 0 unspecified atom stereocenters. The number of hydrogen-bond acceptors (Lipinski definition) is 8. The standard InChI is InChI=1S/C22H28N4O4/c1-29-20-4-3-15(13-21(20)30-2)16-11-18-17(19(28)12-16)14-23-22(24-18)26-7-5-25(6-8-26)9-10-27/h3-4,13-14,16,27H,5-12H2,1-2H3/t16-/m1/s1. The Kier molecular flexibility index (Phi) is 6.15. The van der Waals surface area contributed by atoms with Gasteiger partial charge in [-0.25, -0.2) is 9.97 Å². The molecule has 4 rings (SSSR count). The molecule has 0 spiro atoms. The number of aromatic nitrogens is 2. The number of aliphatic hydroxyl groups is 1. The second-order valence-corrected chi connectivity index (χ2v) is 7.73. The minimum atomic E-state index is 0.0500. The smallest absolute Gasteiger partial charge is 0.225 e. The largest absolute Gasteiger partial charge is 0.493 e. The van der Waals surface area contributed by atoms with E-state index in [0.29, 0.717) is 42.4 Å². The molecule has 0 amide bonds. The van der Waals surface area contributed by atoms with Crippen LogP contribution in [-0.4, -0.2) is 79.3 Å². The number of Topliss-reactive ketones (excluding diaryl/α,β-unsaturated/α-hetero) is 1. The highest BCUT2D eigenvalue weighted by Crippen LogP contribution is 2.36. The van der Waals surface area contributed by atoms with Crippen LogP contribution in [0.1, 0.15) is 34.0 Å². The van der Waals surface area contributed by atoms with Crippen molar-refractivity contribution in [2.45, 2.75) is 18.8 Å². The lowest BCUT2D eigenvalue weighted by atomic mass is 9.82. The number of carbonyl (C=O) groups is 1. The van der Waals surface area contributed by atoms with E-state index in [-0.39, 0.29) is 18.3 Å². The summed E-state index contributed by atoms with van der Waals surface area (Å²) >= 11 is 0. The van der Waals surface area contributed by atoms with Gasteiger partial charge in [0.2, 0.25) is 5.95 Å². The van der Waals surface area contributed by atoms with E-state index in [0.717, 1.165) is 37.4 Å². The second kappa shape index (κ2) is 8.97. The van der Waals surface area contributed by atoms with Crippen molar-refractivity contribution in [2.24, 2.45) is 0 Å². The quantitative estimate of drug-likeness (QED) is 0.764. The number of piperazine rings is 1. The summed E-state index contributed by atoms with van der Waals surface area (Å²) in [6.07, 6.45) is 2.81. The van der Waals surface area contributed by atoms with Crippen molar-refractivity contribution >= 4 is 11.7 Å². The topological polar surface area (TPSA) is 88.0 Å². The van der Waals surface area contributed by atoms with E-state index in [1.165, 1.54) is 0 Å². The van der Waals surface area contributed by atoms with E-state index in [1.807, 2.05) is 18.2 Å². The molecule has 1 saturated heterocycles. The number of benzene rings is 1. The van der Waals surface area contributed by atoms with Gasteiger partial charge in [-0.15, -0.1) is 0 Å². The predicted octanol–water partition coefficient (Wildman–Crippen LogP) is 1.52. The molecule has 1 aromatic carbocycles. The Balaban J connectivity index is 1.54. The summed E-state index contributed by atoms with van der Waals surface area (Å²) in [7, 11) is 3.22. The van der Waals surface area contributed by atoms with Crippen LogP contribution >= 0.6 is 0 Å². The molecule has 1 atom stereocenters. The van der Waals surface area contributed by atoms with E-state index in [9.17, 15) is 4.79 Å². The summed E-state index contributed by atoms with van der Waals surface area (Å²) in [4.78, 5) is 26.4. The molecular formula is C22H28N4O4. The van der Waals surface area contributed by atoms with Gasteiger partial charge in [-0.3, -0.25) is 9.69 Å². The summed E-state index contributed by atoms with van der Waals surface area (Å²) in [6.45, 7) is 4.23. The first kappa shape index (κ1) is 20.6. The molecule has 160 valence electrons. The van der Waals surface area contributed by atoms with Crippen LogP contribution in [0.25, 0.3) is 0 Å². The zero-order chi connectivity index (χ0) is 21.1. The van der Waals surface area contributed by atoms with Crippen LogP contribution in [0, 0.1) is 0 Å². The SMILES string of the molecule is COc1ccc([C@H]2CC(=O)c3cnc(N4CCN(CCO)CC4)nc3C2)cc1OC. The van der Waals surface area contributed by atoms with E-state index < -0.39 is 0 Å². The Morgan fingerprint density at radius 3 is 2.57 bits per heavy atom. The van der Waals surface area contributed by atoms with Gasteiger partial charge < -0.3 is 19.5 Å². The van der Waals surface area contributed by atoms with Crippen molar-refractivity contribution in [1.29, 1.82) is 0 Å². The predicted molar refractivity (Wildman–Crippen MR) is 113 cm³/mol. The highest BCUT2D eigenvalue weighted by atomic mass is 16.5. The van der Waals surface area contributed by atoms with Crippen molar-refractivity contribution in [3.05, 3.63) is 41.2 Å². The number of ketones is 1. The highest BCUT2D eigenvalue weighted by molar-refractivity contribution is 5.98. The summed E-state index contributed by atoms with van der Waals surface area (Å²) in [6, 6.07) is 5.82. The van der Waals surface area contributed by atoms with Gasteiger partial charge in [0.1, 0.15) is 0 Å². The number of β-amino-alcohol motifs (C(OH)–C–C–N with tert-alkyl or cyclic N) is 1. The molecule has 0 radical (unpaired) electrons. The highest BCUT2D eigenvalue weighted by Gasteiger charge is 2.29. The number of fused-ring (bicyclic) bond motifs is 1. The summed E-state index contributed by atoms with van der Waals surface area (Å²) < 4.78 is 10.8. The first-order valence-electron chi connectivity index (χ1n) is 10.3. The maximum atomic E-state index is 12.8. The Hall–Kier alpha value is -2.71. The van der Waals surface area contributed by atoms with Gasteiger partial charge in [0.05, 0.1) is 32.1 Å². The first-order valence-corrected chi connectivity index (χ1v) is 10.3. The van der Waals surface area contributed by atoms with Crippen LogP contribution in [0.15, 0.2) is 24.4 Å². The van der Waals surface area contributed by atoms with E-state index >= 15 is 0 Å². The van der Waals surface area contributed by atoms with Crippen LogP contribution in [-0.2, 0) is 6.42 Å². The number of aliphatic hydroxyl groups excluding tert-OH is 1. The number of hydrogen-bond donors (Lipinski definition) is 1.